The number of rotatable bonds is 7. The summed E-state index contributed by atoms with van der Waals surface area (Å²) in [4.78, 5) is 14.4. The molecule has 2 aliphatic rings. The molecule has 3 aromatic rings. The number of halogens is 7. The van der Waals surface area contributed by atoms with E-state index in [1.165, 1.54) is 25.0 Å². The normalized spacial score (nSPS) is 19.3. The first-order valence-electron chi connectivity index (χ1n) is 13.9. The van der Waals surface area contributed by atoms with Crippen LogP contribution in [-0.4, -0.2) is 24.1 Å². The molecule has 0 bridgehead atoms. The number of hydrogen-bond acceptors (Lipinski definition) is 3. The number of methoxy groups -OCH3 is 1. The van der Waals surface area contributed by atoms with Crippen molar-refractivity contribution in [3.8, 4) is 16.9 Å². The number of carbonyl (C=O) groups excluding carboxylic acids is 1. The Labute approximate surface area is 244 Å². The van der Waals surface area contributed by atoms with Crippen LogP contribution in [0.4, 0.5) is 35.5 Å². The Balaban J connectivity index is 1.55. The van der Waals surface area contributed by atoms with E-state index in [1.54, 1.807) is 6.07 Å². The average molecular weight is 610 g/mol. The van der Waals surface area contributed by atoms with Crippen molar-refractivity contribution >= 4 is 6.09 Å². The molecule has 1 saturated heterocycles. The first kappa shape index (κ1) is 30.7. The van der Waals surface area contributed by atoms with Gasteiger partial charge in [0.1, 0.15) is 17.7 Å². The molecule has 0 aromatic heterocycles. The van der Waals surface area contributed by atoms with Gasteiger partial charge in [0.15, 0.2) is 0 Å². The van der Waals surface area contributed by atoms with Gasteiger partial charge in [-0.3, -0.25) is 4.90 Å². The fourth-order valence-corrected chi connectivity index (χ4v) is 5.56. The quantitative estimate of drug-likeness (QED) is 0.251. The second-order valence-corrected chi connectivity index (χ2v) is 11.4. The van der Waals surface area contributed by atoms with Crippen molar-refractivity contribution in [2.24, 2.45) is 0 Å². The third kappa shape index (κ3) is 6.17. The van der Waals surface area contributed by atoms with Crippen LogP contribution in [-0.2, 0) is 23.6 Å². The molecule has 1 aliphatic heterocycles. The van der Waals surface area contributed by atoms with E-state index in [2.05, 4.69) is 0 Å². The lowest BCUT2D eigenvalue weighted by atomic mass is 9.91. The van der Waals surface area contributed by atoms with Gasteiger partial charge < -0.3 is 9.47 Å². The largest absolute Gasteiger partial charge is 0.496 e. The van der Waals surface area contributed by atoms with Crippen molar-refractivity contribution in [2.45, 2.75) is 76.5 Å². The van der Waals surface area contributed by atoms with Gasteiger partial charge in [0, 0.05) is 11.6 Å². The monoisotopic (exact) mass is 609 g/mol. The van der Waals surface area contributed by atoms with Crippen LogP contribution < -0.4 is 4.74 Å². The van der Waals surface area contributed by atoms with Gasteiger partial charge in [0.05, 0.1) is 30.8 Å². The first-order chi connectivity index (χ1) is 20.1. The number of alkyl halides is 6. The highest BCUT2D eigenvalue weighted by Gasteiger charge is 2.43. The van der Waals surface area contributed by atoms with E-state index < -0.39 is 53.1 Å². The Morgan fingerprint density at radius 1 is 0.907 bits per heavy atom. The molecule has 2 unspecified atom stereocenters. The van der Waals surface area contributed by atoms with Crippen LogP contribution in [0.25, 0.3) is 11.1 Å². The van der Waals surface area contributed by atoms with Crippen LogP contribution >= 0.6 is 0 Å². The molecule has 0 radical (unpaired) electrons. The molecular weight excluding hydrogens is 579 g/mol. The second kappa shape index (κ2) is 11.1. The summed E-state index contributed by atoms with van der Waals surface area (Å²) in [7, 11) is 1.42. The number of benzene rings is 3. The Bertz CT molecular complexity index is 1510. The maximum absolute atomic E-state index is 14.8. The number of nitrogens with zero attached hydrogens (tertiary/aromatic N) is 1. The van der Waals surface area contributed by atoms with Gasteiger partial charge in [-0.2, -0.15) is 26.3 Å². The molecule has 0 N–H and O–H groups in total. The maximum Gasteiger partial charge on any atom is 0.416 e. The van der Waals surface area contributed by atoms with E-state index in [1.807, 2.05) is 32.0 Å². The fourth-order valence-electron chi connectivity index (χ4n) is 5.56. The minimum atomic E-state index is -5.04. The topological polar surface area (TPSA) is 38.8 Å². The predicted molar refractivity (Wildman–Crippen MR) is 145 cm³/mol. The molecule has 1 saturated carbocycles. The summed E-state index contributed by atoms with van der Waals surface area (Å²) in [6.45, 7) is 5.18. The van der Waals surface area contributed by atoms with E-state index in [0.717, 1.165) is 18.4 Å². The molecule has 43 heavy (non-hydrogen) atoms. The van der Waals surface area contributed by atoms with E-state index in [0.29, 0.717) is 40.3 Å². The molecule has 0 spiro atoms. The van der Waals surface area contributed by atoms with Crippen molar-refractivity contribution in [3.63, 3.8) is 0 Å². The Morgan fingerprint density at radius 3 is 2.07 bits per heavy atom. The molecule has 230 valence electrons. The van der Waals surface area contributed by atoms with Crippen LogP contribution in [0.5, 0.6) is 5.75 Å². The number of amides is 1. The smallest absolute Gasteiger partial charge is 0.416 e. The van der Waals surface area contributed by atoms with Gasteiger partial charge in [0.25, 0.3) is 0 Å². The molecule has 2 atom stereocenters. The van der Waals surface area contributed by atoms with Crippen LogP contribution in [0, 0.1) is 5.82 Å². The Morgan fingerprint density at radius 2 is 1.53 bits per heavy atom. The highest BCUT2D eigenvalue weighted by Crippen LogP contribution is 2.45. The van der Waals surface area contributed by atoms with Crippen molar-refractivity contribution in [1.29, 1.82) is 0 Å². The van der Waals surface area contributed by atoms with Gasteiger partial charge >= 0.3 is 18.4 Å². The summed E-state index contributed by atoms with van der Waals surface area (Å²) in [5.74, 6) is 0.0597. The molecule has 3 aromatic carbocycles. The van der Waals surface area contributed by atoms with Crippen LogP contribution in [0.1, 0.15) is 84.9 Å². The lowest BCUT2D eigenvalue weighted by Crippen LogP contribution is -2.31. The molecule has 1 aliphatic carbocycles. The predicted octanol–water partition coefficient (Wildman–Crippen LogP) is 9.62. The summed E-state index contributed by atoms with van der Waals surface area (Å²) in [6, 6.07) is 9.08. The second-order valence-electron chi connectivity index (χ2n) is 11.4. The fraction of sp³-hybridized carbons (Fsp3) is 0.406. The zero-order valence-electron chi connectivity index (χ0n) is 23.9. The molecule has 1 heterocycles. The molecule has 4 nitrogen and oxygen atoms in total. The highest BCUT2D eigenvalue weighted by atomic mass is 19.4. The van der Waals surface area contributed by atoms with Gasteiger partial charge in [-0.25, -0.2) is 9.18 Å². The van der Waals surface area contributed by atoms with Gasteiger partial charge in [-0.15, -0.1) is 0 Å². The summed E-state index contributed by atoms with van der Waals surface area (Å²) in [5, 5.41) is 0. The van der Waals surface area contributed by atoms with E-state index in [-0.39, 0.29) is 24.3 Å². The summed E-state index contributed by atoms with van der Waals surface area (Å²) in [5.41, 5.74) is 0.0400. The standard InChI is InChI=1S/C32H30F7NO3/c1-16(2)25-13-26(28(42-4)14-27(25)33)24-8-7-19(18-5-6-18)9-21(24)15-40-17(3)29(43-30(40)41)20-10-22(31(34,35)36)12-23(11-20)32(37,38)39/h7-14,16-18,29H,5-6,15H2,1-4H3. The van der Waals surface area contributed by atoms with Gasteiger partial charge in [-0.05, 0) is 83.7 Å². The van der Waals surface area contributed by atoms with Gasteiger partial charge in [-0.1, -0.05) is 32.0 Å². The zero-order valence-corrected chi connectivity index (χ0v) is 23.9. The van der Waals surface area contributed by atoms with Crippen LogP contribution in [0.2, 0.25) is 0 Å². The SMILES string of the molecule is COc1cc(F)c(C(C)C)cc1-c1ccc(C2CC2)cc1CN1C(=O)OC(c2cc(C(F)(F)F)cc(C(F)(F)F)c2)C1C. The van der Waals surface area contributed by atoms with Crippen molar-refractivity contribution in [2.75, 3.05) is 7.11 Å². The van der Waals surface area contributed by atoms with Crippen molar-refractivity contribution < 1.29 is 45.0 Å². The van der Waals surface area contributed by atoms with E-state index in [9.17, 15) is 35.5 Å². The highest BCUT2D eigenvalue weighted by molar-refractivity contribution is 5.76. The van der Waals surface area contributed by atoms with Gasteiger partial charge in [0.2, 0.25) is 0 Å². The van der Waals surface area contributed by atoms with E-state index in [4.69, 9.17) is 9.47 Å². The van der Waals surface area contributed by atoms with Crippen molar-refractivity contribution in [3.05, 3.63) is 87.7 Å². The minimum absolute atomic E-state index is 0.0415. The Hall–Kier alpha value is -3.76. The average Bonchev–Trinajstić information content (AvgIpc) is 3.74. The summed E-state index contributed by atoms with van der Waals surface area (Å²) < 4.78 is 107. The summed E-state index contributed by atoms with van der Waals surface area (Å²) >= 11 is 0. The Kier molecular flexibility index (Phi) is 7.89. The third-order valence-electron chi connectivity index (χ3n) is 8.08. The number of ether oxygens (including phenoxy) is 2. The number of cyclic esters (lactones) is 1. The molecule has 1 amide bonds. The molecular formula is C32H30F7NO3. The van der Waals surface area contributed by atoms with Crippen LogP contribution in [0.3, 0.4) is 0 Å². The first-order valence-corrected chi connectivity index (χ1v) is 13.9. The maximum atomic E-state index is 14.8. The number of carbonyl (C=O) groups is 1. The zero-order chi connectivity index (χ0) is 31.4. The lowest BCUT2D eigenvalue weighted by Gasteiger charge is -2.24. The number of hydrogen-bond donors (Lipinski definition) is 0. The molecule has 11 heteroatoms. The molecule has 5 rings (SSSR count). The third-order valence-corrected chi connectivity index (χ3v) is 8.08. The van der Waals surface area contributed by atoms with E-state index >= 15 is 0 Å². The minimum Gasteiger partial charge on any atom is -0.496 e. The molecule has 2 fully saturated rings. The van der Waals surface area contributed by atoms with Crippen LogP contribution in [0.15, 0.2) is 48.5 Å². The summed E-state index contributed by atoms with van der Waals surface area (Å²) in [6.07, 6.45) is -10.3. The van der Waals surface area contributed by atoms with Crippen molar-refractivity contribution in [1.82, 2.24) is 4.90 Å². The lowest BCUT2D eigenvalue weighted by molar-refractivity contribution is -0.143.